The Bertz CT molecular complexity index is 132. The van der Waals surface area contributed by atoms with E-state index < -0.39 is 0 Å². The van der Waals surface area contributed by atoms with Crippen LogP contribution >= 0.6 is 0 Å². The minimum Gasteiger partial charge on any atom is -0.369 e. The van der Waals surface area contributed by atoms with Crippen molar-refractivity contribution in [1.82, 2.24) is 14.7 Å². The molecule has 0 aromatic carbocycles. The van der Waals surface area contributed by atoms with Crippen molar-refractivity contribution in [2.24, 2.45) is 4.99 Å². The molecule has 0 fully saturated rings. The predicted octanol–water partition coefficient (Wildman–Crippen LogP) is -0.0169. The third-order valence-corrected chi connectivity index (χ3v) is 1.35. The van der Waals surface area contributed by atoms with Crippen LogP contribution < -0.4 is 0 Å². The van der Waals surface area contributed by atoms with Gasteiger partial charge in [0, 0.05) is 14.1 Å². The second kappa shape index (κ2) is 5.11. The fraction of sp³-hybridized carbons (Fsp3) is 0.875. The fourth-order valence-corrected chi connectivity index (χ4v) is 0.922. The first-order valence-corrected chi connectivity index (χ1v) is 3.97. The molecule has 0 rings (SSSR count). The molecule has 0 radical (unpaired) electrons. The number of rotatable bonds is 4. The molecule has 4 heteroatoms. The van der Waals surface area contributed by atoms with Gasteiger partial charge in [0.25, 0.3) is 0 Å². The van der Waals surface area contributed by atoms with E-state index in [1.54, 1.807) is 0 Å². The lowest BCUT2D eigenvalue weighted by Gasteiger charge is -2.26. The maximum Gasteiger partial charge on any atom is 0.159 e. The van der Waals surface area contributed by atoms with Crippen molar-refractivity contribution < 1.29 is 0 Å². The Balaban J connectivity index is 4.14. The van der Waals surface area contributed by atoms with Gasteiger partial charge in [-0.2, -0.15) is 0 Å². The molecule has 0 N–H and O–H groups in total. The minimum atomic E-state index is 0.118. The highest BCUT2D eigenvalue weighted by Gasteiger charge is 2.09. The number of nitrogens with zero attached hydrogens (tertiary/aromatic N) is 4. The molecule has 0 spiro atoms. The summed E-state index contributed by atoms with van der Waals surface area (Å²) in [7, 11) is 12.0. The summed E-state index contributed by atoms with van der Waals surface area (Å²) in [5.74, 6) is 0. The molecule has 0 aliphatic heterocycles. The van der Waals surface area contributed by atoms with Crippen LogP contribution in [-0.4, -0.2) is 69.6 Å². The molecule has 0 atom stereocenters. The van der Waals surface area contributed by atoms with Crippen LogP contribution in [0.25, 0.3) is 0 Å². The van der Waals surface area contributed by atoms with E-state index in [2.05, 4.69) is 14.8 Å². The zero-order valence-corrected chi connectivity index (χ0v) is 8.94. The lowest BCUT2D eigenvalue weighted by Crippen LogP contribution is -2.39. The predicted molar refractivity (Wildman–Crippen MR) is 53.3 cm³/mol. The quantitative estimate of drug-likeness (QED) is 0.338. The molecule has 4 nitrogen and oxygen atoms in total. The molecule has 0 heterocycles. The third-order valence-electron chi connectivity index (χ3n) is 1.35. The van der Waals surface area contributed by atoms with Gasteiger partial charge in [0.15, 0.2) is 6.29 Å². The molecule has 72 valence electrons. The maximum absolute atomic E-state index is 4.38. The third kappa shape index (κ3) is 4.31. The highest BCUT2D eigenvalue weighted by molar-refractivity contribution is 5.53. The lowest BCUT2D eigenvalue weighted by molar-refractivity contribution is 0.138. The van der Waals surface area contributed by atoms with E-state index in [1.165, 1.54) is 0 Å². The molecule has 0 aromatic heterocycles. The smallest absolute Gasteiger partial charge is 0.159 e. The van der Waals surface area contributed by atoms with Gasteiger partial charge in [-0.15, -0.1) is 0 Å². The standard InChI is InChI=1S/C8H20N4/c1-10(2)7-9-8(11(3)4)12(5)6/h7-8H,1-6H3/b9-7+. The van der Waals surface area contributed by atoms with Crippen LogP contribution in [0.3, 0.4) is 0 Å². The number of hydrogen-bond donors (Lipinski definition) is 0. The number of aliphatic imine (C=N–C) groups is 1. The van der Waals surface area contributed by atoms with E-state index in [4.69, 9.17) is 0 Å². The molecule has 0 aliphatic carbocycles. The van der Waals surface area contributed by atoms with Crippen molar-refractivity contribution in [2.45, 2.75) is 6.29 Å². The van der Waals surface area contributed by atoms with Gasteiger partial charge in [-0.05, 0) is 28.2 Å². The first-order valence-electron chi connectivity index (χ1n) is 3.97. The summed E-state index contributed by atoms with van der Waals surface area (Å²) in [6.45, 7) is 0. The molecule has 0 amide bonds. The summed E-state index contributed by atoms with van der Waals surface area (Å²) in [4.78, 5) is 10.4. The molecule has 0 saturated carbocycles. The maximum atomic E-state index is 4.38. The van der Waals surface area contributed by atoms with Crippen LogP contribution in [0.2, 0.25) is 0 Å². The van der Waals surface area contributed by atoms with E-state index in [9.17, 15) is 0 Å². The van der Waals surface area contributed by atoms with Crippen molar-refractivity contribution >= 4 is 6.34 Å². The largest absolute Gasteiger partial charge is 0.369 e. The second-order valence-electron chi connectivity index (χ2n) is 3.50. The summed E-state index contributed by atoms with van der Waals surface area (Å²) >= 11 is 0. The summed E-state index contributed by atoms with van der Waals surface area (Å²) in [5, 5.41) is 0. The topological polar surface area (TPSA) is 22.1 Å². The van der Waals surface area contributed by atoms with Crippen molar-refractivity contribution in [3.05, 3.63) is 0 Å². The van der Waals surface area contributed by atoms with E-state index in [0.29, 0.717) is 0 Å². The van der Waals surface area contributed by atoms with Crippen LogP contribution in [-0.2, 0) is 0 Å². The van der Waals surface area contributed by atoms with Gasteiger partial charge < -0.3 is 4.90 Å². The van der Waals surface area contributed by atoms with Crippen LogP contribution in [0.15, 0.2) is 4.99 Å². The Morgan fingerprint density at radius 1 is 0.917 bits per heavy atom. The lowest BCUT2D eigenvalue weighted by atomic mass is 10.6. The average Bonchev–Trinajstić information content (AvgIpc) is 1.84. The molecule has 0 unspecified atom stereocenters. The van der Waals surface area contributed by atoms with Crippen LogP contribution in [0.1, 0.15) is 0 Å². The van der Waals surface area contributed by atoms with Crippen molar-refractivity contribution in [2.75, 3.05) is 42.3 Å². The highest BCUT2D eigenvalue weighted by Crippen LogP contribution is 1.97. The molecule has 0 aliphatic rings. The van der Waals surface area contributed by atoms with Gasteiger partial charge in [0.1, 0.15) is 0 Å². The number of hydrogen-bond acceptors (Lipinski definition) is 3. The van der Waals surface area contributed by atoms with Gasteiger partial charge in [-0.1, -0.05) is 0 Å². The zero-order chi connectivity index (χ0) is 9.72. The highest BCUT2D eigenvalue weighted by atomic mass is 15.4. The Kier molecular flexibility index (Phi) is 4.85. The summed E-state index contributed by atoms with van der Waals surface area (Å²) < 4.78 is 0. The first kappa shape index (κ1) is 11.4. The molecular formula is C8H20N4. The SMILES string of the molecule is CN(C)/C=N/C(N(C)C)N(C)C. The zero-order valence-electron chi connectivity index (χ0n) is 8.94. The Hall–Kier alpha value is -0.610. The van der Waals surface area contributed by atoms with Gasteiger partial charge in [-0.3, -0.25) is 9.80 Å². The minimum absolute atomic E-state index is 0.118. The normalized spacial score (nSPS) is 12.4. The van der Waals surface area contributed by atoms with Crippen LogP contribution in [0, 0.1) is 0 Å². The summed E-state index contributed by atoms with van der Waals surface area (Å²) in [5.41, 5.74) is 0. The molecular weight excluding hydrogens is 152 g/mol. The summed E-state index contributed by atoms with van der Waals surface area (Å²) in [6.07, 6.45) is 1.94. The van der Waals surface area contributed by atoms with Gasteiger partial charge in [0.05, 0.1) is 6.34 Å². The monoisotopic (exact) mass is 172 g/mol. The Morgan fingerprint density at radius 2 is 1.33 bits per heavy atom. The van der Waals surface area contributed by atoms with Gasteiger partial charge >= 0.3 is 0 Å². The Labute approximate surface area is 75.5 Å². The first-order chi connectivity index (χ1) is 5.45. The summed E-state index contributed by atoms with van der Waals surface area (Å²) in [6, 6.07) is 0. The van der Waals surface area contributed by atoms with Crippen LogP contribution in [0.4, 0.5) is 0 Å². The van der Waals surface area contributed by atoms with E-state index >= 15 is 0 Å². The van der Waals surface area contributed by atoms with Crippen molar-refractivity contribution in [3.63, 3.8) is 0 Å². The molecule has 0 saturated heterocycles. The van der Waals surface area contributed by atoms with E-state index in [1.807, 2.05) is 53.5 Å². The fourth-order valence-electron chi connectivity index (χ4n) is 0.922. The van der Waals surface area contributed by atoms with Crippen molar-refractivity contribution in [3.8, 4) is 0 Å². The Morgan fingerprint density at radius 3 is 1.58 bits per heavy atom. The van der Waals surface area contributed by atoms with E-state index in [-0.39, 0.29) is 6.29 Å². The molecule has 0 aromatic rings. The van der Waals surface area contributed by atoms with Gasteiger partial charge in [0.2, 0.25) is 0 Å². The second-order valence-corrected chi connectivity index (χ2v) is 3.50. The molecule has 0 bridgehead atoms. The van der Waals surface area contributed by atoms with Crippen LogP contribution in [0.5, 0.6) is 0 Å². The average molecular weight is 172 g/mol. The van der Waals surface area contributed by atoms with Gasteiger partial charge in [-0.25, -0.2) is 4.99 Å². The van der Waals surface area contributed by atoms with Crippen molar-refractivity contribution in [1.29, 1.82) is 0 Å². The van der Waals surface area contributed by atoms with E-state index in [0.717, 1.165) is 0 Å². The molecule has 12 heavy (non-hydrogen) atoms.